The van der Waals surface area contributed by atoms with Gasteiger partial charge in [-0.1, -0.05) is 26.0 Å². The van der Waals surface area contributed by atoms with Crippen molar-refractivity contribution in [2.75, 3.05) is 6.61 Å². The first-order valence-corrected chi connectivity index (χ1v) is 7.04. The van der Waals surface area contributed by atoms with Gasteiger partial charge in [0.1, 0.15) is 0 Å². The van der Waals surface area contributed by atoms with E-state index in [2.05, 4.69) is 41.7 Å². The minimum absolute atomic E-state index is 0.253. The van der Waals surface area contributed by atoms with Crippen molar-refractivity contribution in [3.05, 3.63) is 28.2 Å². The molecule has 0 spiro atoms. The fourth-order valence-corrected chi connectivity index (χ4v) is 2.80. The summed E-state index contributed by atoms with van der Waals surface area (Å²) in [6, 6.07) is 0.386. The van der Waals surface area contributed by atoms with Gasteiger partial charge in [-0.2, -0.15) is 0 Å². The topological polar surface area (TPSA) is 45.2 Å². The highest BCUT2D eigenvalue weighted by molar-refractivity contribution is 7.09. The van der Waals surface area contributed by atoms with Crippen LogP contribution in [-0.4, -0.2) is 22.7 Å². The quantitative estimate of drug-likeness (QED) is 0.790. The highest BCUT2D eigenvalue weighted by Gasteiger charge is 2.17. The van der Waals surface area contributed by atoms with Gasteiger partial charge in [0.15, 0.2) is 0 Å². The molecule has 4 heteroatoms. The van der Waals surface area contributed by atoms with Crippen LogP contribution in [0.2, 0.25) is 0 Å². The molecule has 1 aromatic heterocycles. The maximum absolute atomic E-state index is 9.04. The second kappa shape index (κ2) is 5.76. The number of aliphatic hydroxyl groups excluding tert-OH is 1. The van der Waals surface area contributed by atoms with Gasteiger partial charge in [-0.3, -0.25) is 0 Å². The normalized spacial score (nSPS) is 23.8. The smallest absolute Gasteiger partial charge is 0.0954 e. The van der Waals surface area contributed by atoms with E-state index in [4.69, 9.17) is 5.11 Å². The summed E-state index contributed by atoms with van der Waals surface area (Å²) in [4.78, 5) is 4.59. The van der Waals surface area contributed by atoms with Crippen molar-refractivity contribution >= 4 is 11.3 Å². The largest absolute Gasteiger partial charge is 0.396 e. The van der Waals surface area contributed by atoms with E-state index >= 15 is 0 Å². The zero-order valence-corrected chi connectivity index (χ0v) is 11.2. The molecule has 1 aromatic rings. The summed E-state index contributed by atoms with van der Waals surface area (Å²) in [6.07, 6.45) is 5.24. The van der Waals surface area contributed by atoms with E-state index in [1.807, 2.05) is 0 Å². The Balaban J connectivity index is 1.80. The van der Waals surface area contributed by atoms with Gasteiger partial charge >= 0.3 is 0 Å². The fourth-order valence-electron chi connectivity index (χ4n) is 1.97. The molecule has 3 nitrogen and oxygen atoms in total. The molecule has 17 heavy (non-hydrogen) atoms. The Bertz CT molecular complexity index is 387. The molecule has 1 aliphatic rings. The summed E-state index contributed by atoms with van der Waals surface area (Å²) in [6.45, 7) is 5.41. The molecule has 2 rings (SSSR count). The second-order valence-electron chi connectivity index (χ2n) is 4.88. The number of aliphatic hydroxyl groups is 1. The van der Waals surface area contributed by atoms with Gasteiger partial charge < -0.3 is 10.4 Å². The van der Waals surface area contributed by atoms with Crippen LogP contribution in [0, 0.1) is 5.92 Å². The van der Waals surface area contributed by atoms with Crippen LogP contribution in [0.15, 0.2) is 17.5 Å². The molecule has 0 unspecified atom stereocenters. The van der Waals surface area contributed by atoms with Crippen LogP contribution in [0.3, 0.4) is 0 Å². The molecule has 0 fully saturated rings. The third-order valence-corrected chi connectivity index (χ3v) is 4.21. The summed E-state index contributed by atoms with van der Waals surface area (Å²) in [5.74, 6) is 0.841. The lowest BCUT2D eigenvalue weighted by Gasteiger charge is -2.11. The van der Waals surface area contributed by atoms with Crippen LogP contribution in [0.25, 0.3) is 0 Å². The van der Waals surface area contributed by atoms with E-state index in [0.29, 0.717) is 17.9 Å². The number of rotatable bonds is 5. The Morgan fingerprint density at radius 3 is 2.94 bits per heavy atom. The zero-order chi connectivity index (χ0) is 12.3. The molecule has 2 atom stereocenters. The second-order valence-corrected chi connectivity index (χ2v) is 5.77. The number of nitrogens with zero attached hydrogens (tertiary/aromatic N) is 1. The van der Waals surface area contributed by atoms with Crippen molar-refractivity contribution in [3.63, 3.8) is 0 Å². The van der Waals surface area contributed by atoms with Crippen LogP contribution >= 0.6 is 11.3 Å². The fraction of sp³-hybridized carbons (Fsp3) is 0.615. The number of nitrogens with one attached hydrogen (secondary N) is 1. The van der Waals surface area contributed by atoms with Crippen molar-refractivity contribution in [3.8, 4) is 0 Å². The van der Waals surface area contributed by atoms with Crippen LogP contribution in [0.1, 0.15) is 36.9 Å². The van der Waals surface area contributed by atoms with E-state index in [1.165, 1.54) is 5.01 Å². The number of hydrogen-bond acceptors (Lipinski definition) is 4. The van der Waals surface area contributed by atoms with Gasteiger partial charge in [0.2, 0.25) is 0 Å². The monoisotopic (exact) mass is 252 g/mol. The Labute approximate surface area is 107 Å². The minimum Gasteiger partial charge on any atom is -0.396 e. The maximum Gasteiger partial charge on any atom is 0.0954 e. The van der Waals surface area contributed by atoms with Crippen molar-refractivity contribution in [1.29, 1.82) is 0 Å². The van der Waals surface area contributed by atoms with Crippen LogP contribution < -0.4 is 5.32 Å². The van der Waals surface area contributed by atoms with Gasteiger partial charge in [0, 0.05) is 36.4 Å². The van der Waals surface area contributed by atoms with Gasteiger partial charge in [-0.05, 0) is 6.42 Å². The lowest BCUT2D eigenvalue weighted by molar-refractivity contribution is 0.246. The first-order valence-electron chi connectivity index (χ1n) is 6.16. The van der Waals surface area contributed by atoms with Crippen molar-refractivity contribution in [1.82, 2.24) is 10.3 Å². The van der Waals surface area contributed by atoms with Crippen LogP contribution in [0.5, 0.6) is 0 Å². The van der Waals surface area contributed by atoms with E-state index in [0.717, 1.165) is 18.7 Å². The molecular weight excluding hydrogens is 232 g/mol. The van der Waals surface area contributed by atoms with Crippen LogP contribution in [-0.2, 0) is 6.54 Å². The first kappa shape index (κ1) is 12.7. The van der Waals surface area contributed by atoms with E-state index < -0.39 is 0 Å². The van der Waals surface area contributed by atoms with Crippen molar-refractivity contribution < 1.29 is 5.11 Å². The van der Waals surface area contributed by atoms with Crippen LogP contribution in [0.4, 0.5) is 0 Å². The number of thiazole rings is 1. The molecule has 0 aromatic carbocycles. The molecule has 0 saturated heterocycles. The zero-order valence-electron chi connectivity index (χ0n) is 10.4. The molecule has 0 amide bonds. The Hall–Kier alpha value is -0.710. The molecule has 1 heterocycles. The molecule has 1 aliphatic carbocycles. The molecule has 0 radical (unpaired) electrons. The van der Waals surface area contributed by atoms with Gasteiger partial charge in [0.25, 0.3) is 0 Å². The predicted octanol–water partition coefficient (Wildman–Crippen LogP) is 2.29. The summed E-state index contributed by atoms with van der Waals surface area (Å²) in [7, 11) is 0. The Kier molecular flexibility index (Phi) is 4.31. The average Bonchev–Trinajstić information content (AvgIpc) is 2.95. The SMILES string of the molecule is CC(C)c1nc(CN[C@@H]2C=C[C@H](CO)C2)cs1. The molecule has 0 bridgehead atoms. The molecule has 0 saturated carbocycles. The van der Waals surface area contributed by atoms with Crippen molar-refractivity contribution in [2.45, 2.75) is 38.8 Å². The third-order valence-electron chi connectivity index (χ3n) is 3.02. The Morgan fingerprint density at radius 2 is 2.35 bits per heavy atom. The lowest BCUT2D eigenvalue weighted by Crippen LogP contribution is -2.26. The van der Waals surface area contributed by atoms with Gasteiger partial charge in [-0.25, -0.2) is 4.98 Å². The van der Waals surface area contributed by atoms with E-state index in [-0.39, 0.29) is 6.61 Å². The number of hydrogen-bond donors (Lipinski definition) is 2. The Morgan fingerprint density at radius 1 is 1.53 bits per heavy atom. The molecule has 2 N–H and O–H groups in total. The van der Waals surface area contributed by atoms with E-state index in [1.54, 1.807) is 11.3 Å². The molecule has 0 aliphatic heterocycles. The summed E-state index contributed by atoms with van der Waals surface area (Å²) in [5.41, 5.74) is 1.12. The first-order chi connectivity index (χ1) is 8.19. The summed E-state index contributed by atoms with van der Waals surface area (Å²) < 4.78 is 0. The lowest BCUT2D eigenvalue weighted by atomic mass is 10.1. The third kappa shape index (κ3) is 3.37. The van der Waals surface area contributed by atoms with E-state index in [9.17, 15) is 0 Å². The van der Waals surface area contributed by atoms with Gasteiger partial charge in [0.05, 0.1) is 10.7 Å². The standard InChI is InChI=1S/C13H20N2OS/c1-9(2)13-15-12(8-17-13)6-14-11-4-3-10(5-11)7-16/h3-4,8-11,14,16H,5-7H2,1-2H3/t10-,11+/m0/s1. The summed E-state index contributed by atoms with van der Waals surface area (Å²) in [5, 5.41) is 15.8. The predicted molar refractivity (Wildman–Crippen MR) is 71.2 cm³/mol. The maximum atomic E-state index is 9.04. The van der Waals surface area contributed by atoms with Gasteiger partial charge in [-0.15, -0.1) is 11.3 Å². The van der Waals surface area contributed by atoms with Crippen molar-refractivity contribution in [2.24, 2.45) is 5.92 Å². The summed E-state index contributed by atoms with van der Waals surface area (Å²) >= 11 is 1.74. The highest BCUT2D eigenvalue weighted by Crippen LogP contribution is 2.20. The molecule has 94 valence electrons. The average molecular weight is 252 g/mol. The highest BCUT2D eigenvalue weighted by atomic mass is 32.1. The number of aromatic nitrogens is 1. The minimum atomic E-state index is 0.253. The molecular formula is C13H20N2OS.